The second kappa shape index (κ2) is 7.02. The molecule has 1 aliphatic heterocycles. The first-order valence-corrected chi connectivity index (χ1v) is 7.49. The third-order valence-electron chi connectivity index (χ3n) is 3.56. The maximum absolute atomic E-state index is 12.9. The van der Waals surface area contributed by atoms with E-state index in [-0.39, 0.29) is 19.0 Å². The molecule has 0 bridgehead atoms. The molecule has 2 N–H and O–H groups in total. The van der Waals surface area contributed by atoms with Gasteiger partial charge in [0.2, 0.25) is 12.7 Å². The number of rotatable bonds is 5. The van der Waals surface area contributed by atoms with Crippen molar-refractivity contribution in [2.45, 2.75) is 12.7 Å². The van der Waals surface area contributed by atoms with Gasteiger partial charge in [0.15, 0.2) is 11.5 Å². The van der Waals surface area contributed by atoms with E-state index in [1.807, 2.05) is 6.07 Å². The van der Waals surface area contributed by atoms with Crippen LogP contribution in [0.5, 0.6) is 11.5 Å². The van der Waals surface area contributed by atoms with Gasteiger partial charge in [0.05, 0.1) is 17.8 Å². The van der Waals surface area contributed by atoms with Crippen LogP contribution in [0.3, 0.4) is 0 Å². The minimum atomic E-state index is -4.52. The second-order valence-corrected chi connectivity index (χ2v) is 5.38. The quantitative estimate of drug-likeness (QED) is 0.868. The first kappa shape index (κ1) is 17.1. The number of anilines is 1. The summed E-state index contributed by atoms with van der Waals surface area (Å²) < 4.78 is 49.1. The van der Waals surface area contributed by atoms with Gasteiger partial charge >= 0.3 is 6.18 Å². The van der Waals surface area contributed by atoms with Gasteiger partial charge in [-0.15, -0.1) is 0 Å². The van der Waals surface area contributed by atoms with Crippen molar-refractivity contribution < 1.29 is 27.4 Å². The van der Waals surface area contributed by atoms with Gasteiger partial charge in [-0.1, -0.05) is 18.2 Å². The van der Waals surface area contributed by atoms with Crippen molar-refractivity contribution in [2.75, 3.05) is 18.7 Å². The van der Waals surface area contributed by atoms with Crippen LogP contribution in [-0.4, -0.2) is 19.2 Å². The van der Waals surface area contributed by atoms with Crippen molar-refractivity contribution >= 4 is 11.6 Å². The molecule has 0 unspecified atom stereocenters. The fourth-order valence-electron chi connectivity index (χ4n) is 2.40. The van der Waals surface area contributed by atoms with Crippen LogP contribution in [0.1, 0.15) is 11.1 Å². The lowest BCUT2D eigenvalue weighted by Gasteiger charge is -2.13. The Bertz CT molecular complexity index is 778. The van der Waals surface area contributed by atoms with E-state index >= 15 is 0 Å². The van der Waals surface area contributed by atoms with Crippen molar-refractivity contribution in [3.05, 3.63) is 53.6 Å². The summed E-state index contributed by atoms with van der Waals surface area (Å²) in [5.74, 6) is 0.727. The molecule has 0 fully saturated rings. The summed E-state index contributed by atoms with van der Waals surface area (Å²) in [5.41, 5.74) is -0.267. The molecule has 25 heavy (non-hydrogen) atoms. The lowest BCUT2D eigenvalue weighted by molar-refractivity contribution is -0.137. The molecule has 0 saturated carbocycles. The third kappa shape index (κ3) is 4.21. The Morgan fingerprint density at radius 2 is 1.84 bits per heavy atom. The number of ether oxygens (including phenoxy) is 2. The number of fused-ring (bicyclic) bond motifs is 1. The molecular formula is C17H15F3N2O3. The van der Waals surface area contributed by atoms with E-state index in [4.69, 9.17) is 9.47 Å². The minimum absolute atomic E-state index is 0.124. The Morgan fingerprint density at radius 1 is 1.08 bits per heavy atom. The summed E-state index contributed by atoms with van der Waals surface area (Å²) in [5, 5.41) is 5.16. The number of carbonyl (C=O) groups is 1. The van der Waals surface area contributed by atoms with Crippen molar-refractivity contribution in [1.29, 1.82) is 0 Å². The highest BCUT2D eigenvalue weighted by Crippen LogP contribution is 2.34. The Hall–Kier alpha value is -2.74. The highest BCUT2D eigenvalue weighted by atomic mass is 19.4. The molecule has 1 aliphatic rings. The van der Waals surface area contributed by atoms with Crippen molar-refractivity contribution in [3.8, 4) is 11.5 Å². The number of para-hydroxylation sites is 1. The predicted octanol–water partition coefficient (Wildman–Crippen LogP) is 3.16. The molecule has 8 heteroatoms. The van der Waals surface area contributed by atoms with Gasteiger partial charge < -0.3 is 20.1 Å². The number of hydrogen-bond acceptors (Lipinski definition) is 4. The zero-order chi connectivity index (χ0) is 17.9. The molecule has 0 aromatic heterocycles. The molecule has 2 aromatic carbocycles. The predicted molar refractivity (Wildman–Crippen MR) is 84.3 cm³/mol. The Labute approximate surface area is 141 Å². The molecule has 2 aromatic rings. The van der Waals surface area contributed by atoms with Gasteiger partial charge in [-0.05, 0) is 29.8 Å². The zero-order valence-corrected chi connectivity index (χ0v) is 13.0. The fourth-order valence-corrected chi connectivity index (χ4v) is 2.40. The summed E-state index contributed by atoms with van der Waals surface area (Å²) in [4.78, 5) is 11.9. The fraction of sp³-hybridized carbons (Fsp3) is 0.235. The molecule has 0 aliphatic carbocycles. The lowest BCUT2D eigenvalue weighted by atomic mass is 10.1. The van der Waals surface area contributed by atoms with Crippen LogP contribution < -0.4 is 20.1 Å². The largest absolute Gasteiger partial charge is 0.454 e. The van der Waals surface area contributed by atoms with Crippen LogP contribution in [0.2, 0.25) is 0 Å². The second-order valence-electron chi connectivity index (χ2n) is 5.38. The average Bonchev–Trinajstić information content (AvgIpc) is 3.02. The van der Waals surface area contributed by atoms with E-state index in [0.717, 1.165) is 11.6 Å². The summed E-state index contributed by atoms with van der Waals surface area (Å²) in [7, 11) is 0. The normalized spacial score (nSPS) is 12.9. The lowest BCUT2D eigenvalue weighted by Crippen LogP contribution is -2.28. The number of benzene rings is 2. The van der Waals surface area contributed by atoms with Crippen LogP contribution in [0.25, 0.3) is 0 Å². The zero-order valence-electron chi connectivity index (χ0n) is 13.0. The molecule has 1 heterocycles. The summed E-state index contributed by atoms with van der Waals surface area (Å²) in [6.45, 7) is 0.416. The maximum Gasteiger partial charge on any atom is 0.418 e. The highest BCUT2D eigenvalue weighted by molar-refractivity contribution is 5.93. The Balaban J connectivity index is 1.54. The molecule has 132 valence electrons. The molecule has 0 saturated heterocycles. The SMILES string of the molecule is O=C(CNCc1ccc2c(c1)OCO2)Nc1ccccc1C(F)(F)F. The standard InChI is InChI=1S/C17H15F3N2O3/c18-17(19,20)12-3-1-2-4-13(12)22-16(23)9-21-8-11-5-6-14-15(7-11)25-10-24-14/h1-7,21H,8-10H2,(H,22,23). The van der Waals surface area contributed by atoms with Crippen molar-refractivity contribution in [1.82, 2.24) is 5.32 Å². The summed E-state index contributed by atoms with van der Waals surface area (Å²) in [6.07, 6.45) is -4.52. The van der Waals surface area contributed by atoms with Gasteiger partial charge in [0.25, 0.3) is 0 Å². The molecule has 0 radical (unpaired) electrons. The van der Waals surface area contributed by atoms with Gasteiger partial charge in [0.1, 0.15) is 0 Å². The van der Waals surface area contributed by atoms with Gasteiger partial charge in [-0.3, -0.25) is 4.79 Å². The third-order valence-corrected chi connectivity index (χ3v) is 3.56. The molecule has 0 atom stereocenters. The first-order chi connectivity index (χ1) is 11.9. The summed E-state index contributed by atoms with van der Waals surface area (Å²) >= 11 is 0. The smallest absolute Gasteiger partial charge is 0.418 e. The Kier molecular flexibility index (Phi) is 4.80. The van der Waals surface area contributed by atoms with Crippen molar-refractivity contribution in [2.24, 2.45) is 0 Å². The average molecular weight is 352 g/mol. The van der Waals surface area contributed by atoms with Crippen molar-refractivity contribution in [3.63, 3.8) is 0 Å². The van der Waals surface area contributed by atoms with E-state index in [1.54, 1.807) is 12.1 Å². The molecular weight excluding hydrogens is 337 g/mol. The minimum Gasteiger partial charge on any atom is -0.454 e. The number of amides is 1. The topological polar surface area (TPSA) is 59.6 Å². The van der Waals surface area contributed by atoms with Crippen LogP contribution in [0, 0.1) is 0 Å². The van der Waals surface area contributed by atoms with Crippen LogP contribution >= 0.6 is 0 Å². The first-order valence-electron chi connectivity index (χ1n) is 7.49. The van der Waals surface area contributed by atoms with E-state index < -0.39 is 17.6 Å². The van der Waals surface area contributed by atoms with Crippen LogP contribution in [0.4, 0.5) is 18.9 Å². The molecule has 5 nitrogen and oxygen atoms in total. The number of carbonyl (C=O) groups excluding carboxylic acids is 1. The van der Waals surface area contributed by atoms with Gasteiger partial charge in [0, 0.05) is 6.54 Å². The highest BCUT2D eigenvalue weighted by Gasteiger charge is 2.33. The van der Waals surface area contributed by atoms with E-state index in [0.29, 0.717) is 18.0 Å². The molecule has 3 rings (SSSR count). The van der Waals surface area contributed by atoms with Crippen LogP contribution in [-0.2, 0) is 17.5 Å². The Morgan fingerprint density at radius 3 is 2.64 bits per heavy atom. The van der Waals surface area contributed by atoms with E-state index in [1.165, 1.54) is 18.2 Å². The molecule has 0 spiro atoms. The number of halogens is 3. The number of nitrogens with one attached hydrogen (secondary N) is 2. The number of hydrogen-bond donors (Lipinski definition) is 2. The van der Waals surface area contributed by atoms with Crippen LogP contribution in [0.15, 0.2) is 42.5 Å². The monoisotopic (exact) mass is 352 g/mol. The van der Waals surface area contributed by atoms with E-state index in [9.17, 15) is 18.0 Å². The summed E-state index contributed by atoms with van der Waals surface area (Å²) in [6, 6.07) is 10.2. The van der Waals surface area contributed by atoms with Gasteiger partial charge in [-0.25, -0.2) is 0 Å². The molecule has 1 amide bonds. The maximum atomic E-state index is 12.9. The van der Waals surface area contributed by atoms with E-state index in [2.05, 4.69) is 10.6 Å². The van der Waals surface area contributed by atoms with Gasteiger partial charge in [-0.2, -0.15) is 13.2 Å². The number of alkyl halides is 3.